The molecule has 0 aromatic carbocycles. The molecule has 0 aromatic rings. The van der Waals surface area contributed by atoms with Gasteiger partial charge >= 0.3 is 0 Å². The standard InChI is InChI=1S/C6H14N2O3S/c1-6(9)8-4-3-5-12(10,11)7-2/h7H,3-5H2,1-2H3,(H,8,9). The van der Waals surface area contributed by atoms with Crippen molar-refractivity contribution in [1.29, 1.82) is 0 Å². The first-order valence-corrected chi connectivity index (χ1v) is 5.29. The molecule has 6 heteroatoms. The van der Waals surface area contributed by atoms with Crippen molar-refractivity contribution in [2.45, 2.75) is 13.3 Å². The minimum atomic E-state index is -3.12. The third kappa shape index (κ3) is 6.11. The maximum Gasteiger partial charge on any atom is 0.216 e. The van der Waals surface area contributed by atoms with E-state index in [1.807, 2.05) is 0 Å². The Morgan fingerprint density at radius 1 is 1.42 bits per heavy atom. The van der Waals surface area contributed by atoms with Crippen molar-refractivity contribution in [2.75, 3.05) is 19.3 Å². The van der Waals surface area contributed by atoms with Crippen LogP contribution in [0.3, 0.4) is 0 Å². The van der Waals surface area contributed by atoms with Crippen LogP contribution >= 0.6 is 0 Å². The predicted octanol–water partition coefficient (Wildman–Crippen LogP) is -0.938. The van der Waals surface area contributed by atoms with Crippen LogP contribution in [0.15, 0.2) is 0 Å². The van der Waals surface area contributed by atoms with Crippen LogP contribution in [0.4, 0.5) is 0 Å². The van der Waals surface area contributed by atoms with E-state index in [0.29, 0.717) is 13.0 Å². The number of hydrogen-bond acceptors (Lipinski definition) is 3. The summed E-state index contributed by atoms with van der Waals surface area (Å²) in [5.41, 5.74) is 0. The molecule has 0 saturated carbocycles. The van der Waals surface area contributed by atoms with Crippen molar-refractivity contribution in [1.82, 2.24) is 10.0 Å². The monoisotopic (exact) mass is 194 g/mol. The molecule has 0 aliphatic carbocycles. The first-order valence-electron chi connectivity index (χ1n) is 3.63. The van der Waals surface area contributed by atoms with Gasteiger partial charge in [-0.25, -0.2) is 13.1 Å². The Bertz CT molecular complexity index is 235. The molecular formula is C6H14N2O3S. The van der Waals surface area contributed by atoms with Gasteiger partial charge in [0.25, 0.3) is 0 Å². The van der Waals surface area contributed by atoms with Crippen molar-refractivity contribution >= 4 is 15.9 Å². The molecule has 0 atom stereocenters. The average Bonchev–Trinajstić information content (AvgIpc) is 1.98. The molecule has 2 N–H and O–H groups in total. The van der Waals surface area contributed by atoms with Gasteiger partial charge in [0.2, 0.25) is 15.9 Å². The highest BCUT2D eigenvalue weighted by Crippen LogP contribution is 1.86. The summed E-state index contributed by atoms with van der Waals surface area (Å²) in [4.78, 5) is 10.4. The van der Waals surface area contributed by atoms with Crippen molar-refractivity contribution in [3.63, 3.8) is 0 Å². The summed E-state index contributed by atoms with van der Waals surface area (Å²) < 4.78 is 23.8. The van der Waals surface area contributed by atoms with E-state index >= 15 is 0 Å². The van der Waals surface area contributed by atoms with Crippen LogP contribution < -0.4 is 10.0 Å². The smallest absolute Gasteiger partial charge is 0.216 e. The van der Waals surface area contributed by atoms with Crippen LogP contribution in [-0.4, -0.2) is 33.7 Å². The second-order valence-electron chi connectivity index (χ2n) is 2.36. The molecule has 12 heavy (non-hydrogen) atoms. The van der Waals surface area contributed by atoms with Crippen LogP contribution in [0.2, 0.25) is 0 Å². The largest absolute Gasteiger partial charge is 0.356 e. The highest BCUT2D eigenvalue weighted by Gasteiger charge is 2.05. The fraction of sp³-hybridized carbons (Fsp3) is 0.833. The number of amides is 1. The second-order valence-corrected chi connectivity index (χ2v) is 4.41. The summed E-state index contributed by atoms with van der Waals surface area (Å²) in [6.45, 7) is 1.79. The van der Waals surface area contributed by atoms with Crippen LogP contribution in [0.1, 0.15) is 13.3 Å². The van der Waals surface area contributed by atoms with Gasteiger partial charge in [-0.05, 0) is 13.5 Å². The maximum absolute atomic E-state index is 10.8. The fourth-order valence-corrected chi connectivity index (χ4v) is 1.36. The lowest BCUT2D eigenvalue weighted by molar-refractivity contribution is -0.118. The van der Waals surface area contributed by atoms with Crippen molar-refractivity contribution in [2.24, 2.45) is 0 Å². The molecule has 0 radical (unpaired) electrons. The van der Waals surface area contributed by atoms with Crippen LogP contribution in [-0.2, 0) is 14.8 Å². The Hall–Kier alpha value is -0.620. The van der Waals surface area contributed by atoms with Crippen LogP contribution in [0, 0.1) is 0 Å². The minimum absolute atomic E-state index is 0.0454. The van der Waals surface area contributed by atoms with Gasteiger partial charge < -0.3 is 5.32 Å². The lowest BCUT2D eigenvalue weighted by atomic mass is 10.5. The molecule has 0 bridgehead atoms. The minimum Gasteiger partial charge on any atom is -0.356 e. The summed E-state index contributed by atoms with van der Waals surface area (Å²) in [6.07, 6.45) is 0.433. The van der Waals surface area contributed by atoms with E-state index in [0.717, 1.165) is 0 Å². The Labute approximate surface area is 72.6 Å². The topological polar surface area (TPSA) is 75.3 Å². The molecule has 0 spiro atoms. The third-order valence-electron chi connectivity index (χ3n) is 1.27. The SMILES string of the molecule is CNS(=O)(=O)CCCNC(C)=O. The van der Waals surface area contributed by atoms with E-state index in [2.05, 4.69) is 10.0 Å². The third-order valence-corrected chi connectivity index (χ3v) is 2.72. The lowest BCUT2D eigenvalue weighted by Gasteiger charge is -2.02. The zero-order valence-electron chi connectivity index (χ0n) is 7.25. The molecule has 72 valence electrons. The highest BCUT2D eigenvalue weighted by atomic mass is 32.2. The number of carbonyl (C=O) groups excluding carboxylic acids is 1. The van der Waals surface area contributed by atoms with Gasteiger partial charge in [0.05, 0.1) is 5.75 Å². The van der Waals surface area contributed by atoms with Crippen molar-refractivity contribution in [3.05, 3.63) is 0 Å². The van der Waals surface area contributed by atoms with Gasteiger partial charge in [0.15, 0.2) is 0 Å². The number of carbonyl (C=O) groups is 1. The van der Waals surface area contributed by atoms with E-state index in [1.54, 1.807) is 0 Å². The van der Waals surface area contributed by atoms with E-state index in [-0.39, 0.29) is 11.7 Å². The molecule has 0 unspecified atom stereocenters. The first-order chi connectivity index (χ1) is 5.48. The van der Waals surface area contributed by atoms with Gasteiger partial charge in [-0.2, -0.15) is 0 Å². The molecule has 0 aliphatic rings. The summed E-state index contributed by atoms with van der Waals surface area (Å²) in [6, 6.07) is 0. The molecule has 5 nitrogen and oxygen atoms in total. The van der Waals surface area contributed by atoms with E-state index in [4.69, 9.17) is 0 Å². The summed E-state index contributed by atoms with van der Waals surface area (Å²) >= 11 is 0. The quantitative estimate of drug-likeness (QED) is 0.555. The first kappa shape index (κ1) is 11.4. The molecular weight excluding hydrogens is 180 g/mol. The zero-order chi connectivity index (χ0) is 9.61. The zero-order valence-corrected chi connectivity index (χ0v) is 8.07. The molecule has 0 aliphatic heterocycles. The van der Waals surface area contributed by atoms with E-state index < -0.39 is 10.0 Å². The molecule has 0 aromatic heterocycles. The van der Waals surface area contributed by atoms with Crippen molar-refractivity contribution in [3.8, 4) is 0 Å². The molecule has 0 heterocycles. The molecule has 0 saturated heterocycles. The average molecular weight is 194 g/mol. The summed E-state index contributed by atoms with van der Waals surface area (Å²) in [5.74, 6) is -0.0964. The molecule has 0 rings (SSSR count). The van der Waals surface area contributed by atoms with Gasteiger partial charge in [0, 0.05) is 13.5 Å². The highest BCUT2D eigenvalue weighted by molar-refractivity contribution is 7.89. The Morgan fingerprint density at radius 3 is 2.42 bits per heavy atom. The normalized spacial score (nSPS) is 11.2. The predicted molar refractivity (Wildman–Crippen MR) is 46.1 cm³/mol. The maximum atomic E-state index is 10.8. The lowest BCUT2D eigenvalue weighted by Crippen LogP contribution is -2.27. The number of hydrogen-bond donors (Lipinski definition) is 2. The van der Waals surface area contributed by atoms with Crippen LogP contribution in [0.25, 0.3) is 0 Å². The Kier molecular flexibility index (Phi) is 4.84. The fourth-order valence-electron chi connectivity index (χ4n) is 0.629. The van der Waals surface area contributed by atoms with Gasteiger partial charge in [-0.1, -0.05) is 0 Å². The van der Waals surface area contributed by atoms with Gasteiger partial charge in [-0.3, -0.25) is 4.79 Å². The Morgan fingerprint density at radius 2 is 2.00 bits per heavy atom. The molecule has 1 amide bonds. The summed E-state index contributed by atoms with van der Waals surface area (Å²) in [7, 11) is -1.75. The molecule has 0 fully saturated rings. The van der Waals surface area contributed by atoms with Crippen LogP contribution in [0.5, 0.6) is 0 Å². The summed E-state index contributed by atoms with van der Waals surface area (Å²) in [5, 5.41) is 2.51. The van der Waals surface area contributed by atoms with Gasteiger partial charge in [-0.15, -0.1) is 0 Å². The van der Waals surface area contributed by atoms with E-state index in [1.165, 1.54) is 14.0 Å². The van der Waals surface area contributed by atoms with Gasteiger partial charge in [0.1, 0.15) is 0 Å². The number of rotatable bonds is 5. The second kappa shape index (κ2) is 5.10. The number of nitrogens with one attached hydrogen (secondary N) is 2. The van der Waals surface area contributed by atoms with Crippen molar-refractivity contribution < 1.29 is 13.2 Å². The number of sulfonamides is 1. The Balaban J connectivity index is 3.51. The van der Waals surface area contributed by atoms with E-state index in [9.17, 15) is 13.2 Å².